The number of ether oxygens (including phenoxy) is 1. The number of anilines is 2. The zero-order valence-electron chi connectivity index (χ0n) is 22.4. The molecule has 0 bridgehead atoms. The van der Waals surface area contributed by atoms with Crippen molar-refractivity contribution in [2.24, 2.45) is 0 Å². The lowest BCUT2D eigenvalue weighted by Crippen LogP contribution is -2.48. The number of benzene rings is 2. The van der Waals surface area contributed by atoms with Crippen LogP contribution in [0.3, 0.4) is 0 Å². The number of piperazine rings is 1. The third-order valence-electron chi connectivity index (χ3n) is 6.87. The summed E-state index contributed by atoms with van der Waals surface area (Å²) in [7, 11) is 2.13. The molecule has 2 aliphatic rings. The van der Waals surface area contributed by atoms with E-state index in [0.717, 1.165) is 55.5 Å². The number of thioether (sulfide) groups is 1. The maximum Gasteiger partial charge on any atom is 0.256 e. The maximum absolute atomic E-state index is 13.7. The Kier molecular flexibility index (Phi) is 10.0. The molecule has 10 heteroatoms. The van der Waals surface area contributed by atoms with Crippen LogP contribution >= 0.6 is 24.0 Å². The number of hydrogen-bond acceptors (Lipinski definition) is 7. The number of hydrogen-bond donors (Lipinski definition) is 1. The standard InChI is InChI=1S/C28H37N5O3S2/c1-4-18-36-23-10-8-21(9-11-23)29-26(34)20-25-27(35)33(22-6-5-7-24(19-22)38-3)28(37)32(25)17-16-31-14-12-30(2)13-15-31/h5-11,19,25H,4,12-18,20H2,1-3H3,(H,29,34). The van der Waals surface area contributed by atoms with Crippen molar-refractivity contribution in [3.8, 4) is 5.75 Å². The third kappa shape index (κ3) is 7.05. The molecule has 204 valence electrons. The van der Waals surface area contributed by atoms with Gasteiger partial charge in [-0.1, -0.05) is 13.0 Å². The lowest BCUT2D eigenvalue weighted by Gasteiger charge is -2.34. The Bertz CT molecular complexity index is 1120. The van der Waals surface area contributed by atoms with Crippen molar-refractivity contribution in [2.75, 3.05) is 69.4 Å². The smallest absolute Gasteiger partial charge is 0.256 e. The Morgan fingerprint density at radius 3 is 2.53 bits per heavy atom. The molecule has 2 aromatic carbocycles. The first-order valence-corrected chi connectivity index (χ1v) is 14.7. The Morgan fingerprint density at radius 2 is 1.84 bits per heavy atom. The van der Waals surface area contributed by atoms with Crippen molar-refractivity contribution in [2.45, 2.75) is 30.7 Å². The first kappa shape index (κ1) is 28.4. The fourth-order valence-electron chi connectivity index (χ4n) is 4.64. The second kappa shape index (κ2) is 13.4. The second-order valence-electron chi connectivity index (χ2n) is 9.64. The Labute approximate surface area is 235 Å². The van der Waals surface area contributed by atoms with Gasteiger partial charge in [0.05, 0.1) is 18.7 Å². The number of amides is 2. The van der Waals surface area contributed by atoms with Gasteiger partial charge in [0.2, 0.25) is 5.91 Å². The Balaban J connectivity index is 1.48. The predicted octanol–water partition coefficient (Wildman–Crippen LogP) is 3.78. The second-order valence-corrected chi connectivity index (χ2v) is 10.9. The van der Waals surface area contributed by atoms with Crippen LogP contribution in [0.5, 0.6) is 5.75 Å². The zero-order valence-corrected chi connectivity index (χ0v) is 24.0. The largest absolute Gasteiger partial charge is 0.494 e. The lowest BCUT2D eigenvalue weighted by atomic mass is 10.1. The topological polar surface area (TPSA) is 68.4 Å². The monoisotopic (exact) mass is 555 g/mol. The van der Waals surface area contributed by atoms with E-state index in [4.69, 9.17) is 17.0 Å². The molecule has 2 heterocycles. The summed E-state index contributed by atoms with van der Waals surface area (Å²) in [6, 6.07) is 14.5. The molecule has 38 heavy (non-hydrogen) atoms. The summed E-state index contributed by atoms with van der Waals surface area (Å²) in [5, 5.41) is 3.39. The minimum atomic E-state index is -0.653. The molecule has 0 spiro atoms. The number of carbonyl (C=O) groups is 2. The summed E-state index contributed by atoms with van der Waals surface area (Å²) >= 11 is 7.46. The van der Waals surface area contributed by atoms with Crippen LogP contribution in [0, 0.1) is 0 Å². The van der Waals surface area contributed by atoms with Gasteiger partial charge in [0.15, 0.2) is 5.11 Å². The number of carbonyl (C=O) groups excluding carboxylic acids is 2. The van der Waals surface area contributed by atoms with Crippen LogP contribution in [-0.4, -0.2) is 96.8 Å². The molecular formula is C28H37N5O3S2. The molecule has 2 saturated heterocycles. The van der Waals surface area contributed by atoms with Crippen molar-refractivity contribution in [3.63, 3.8) is 0 Å². The summed E-state index contributed by atoms with van der Waals surface area (Å²) in [4.78, 5) is 36.1. The van der Waals surface area contributed by atoms with Gasteiger partial charge < -0.3 is 19.9 Å². The van der Waals surface area contributed by atoms with Gasteiger partial charge in [0.1, 0.15) is 11.8 Å². The summed E-state index contributed by atoms with van der Waals surface area (Å²) in [6.45, 7) is 8.08. The molecule has 1 unspecified atom stereocenters. The molecule has 0 saturated carbocycles. The van der Waals surface area contributed by atoms with Crippen molar-refractivity contribution in [1.29, 1.82) is 0 Å². The normalized spacial score (nSPS) is 18.8. The minimum Gasteiger partial charge on any atom is -0.494 e. The van der Waals surface area contributed by atoms with Gasteiger partial charge in [0.25, 0.3) is 5.91 Å². The van der Waals surface area contributed by atoms with Crippen molar-refractivity contribution in [1.82, 2.24) is 14.7 Å². The van der Waals surface area contributed by atoms with Crippen molar-refractivity contribution < 1.29 is 14.3 Å². The molecule has 2 fully saturated rings. The number of nitrogens with one attached hydrogen (secondary N) is 1. The van der Waals surface area contributed by atoms with Gasteiger partial charge in [-0.3, -0.25) is 19.4 Å². The SMILES string of the molecule is CCCOc1ccc(NC(=O)CC2C(=O)N(c3cccc(SC)c3)C(=S)N2CCN2CCN(C)CC2)cc1. The van der Waals surface area contributed by atoms with Crippen molar-refractivity contribution in [3.05, 3.63) is 48.5 Å². The van der Waals surface area contributed by atoms with E-state index in [0.29, 0.717) is 24.0 Å². The summed E-state index contributed by atoms with van der Waals surface area (Å²) in [6.07, 6.45) is 2.95. The van der Waals surface area contributed by atoms with E-state index >= 15 is 0 Å². The highest BCUT2D eigenvalue weighted by Crippen LogP contribution is 2.30. The highest BCUT2D eigenvalue weighted by Gasteiger charge is 2.44. The Morgan fingerprint density at radius 1 is 1.11 bits per heavy atom. The van der Waals surface area contributed by atoms with Crippen LogP contribution in [0.1, 0.15) is 19.8 Å². The zero-order chi connectivity index (χ0) is 27.1. The van der Waals surface area contributed by atoms with E-state index in [9.17, 15) is 9.59 Å². The number of rotatable bonds is 11. The molecule has 8 nitrogen and oxygen atoms in total. The molecule has 1 atom stereocenters. The van der Waals surface area contributed by atoms with Gasteiger partial charge in [-0.25, -0.2) is 0 Å². The molecular weight excluding hydrogens is 518 g/mol. The summed E-state index contributed by atoms with van der Waals surface area (Å²) in [5.41, 5.74) is 1.41. The number of thiocarbonyl (C=S) groups is 1. The molecule has 1 N–H and O–H groups in total. The fraction of sp³-hybridized carbons (Fsp3) is 0.464. The van der Waals surface area contributed by atoms with E-state index in [2.05, 4.69) is 29.1 Å². The lowest BCUT2D eigenvalue weighted by molar-refractivity contribution is -0.124. The van der Waals surface area contributed by atoms with Crippen LogP contribution in [0.25, 0.3) is 0 Å². The van der Waals surface area contributed by atoms with E-state index in [1.165, 1.54) is 0 Å². The Hall–Kier alpha value is -2.66. The van der Waals surface area contributed by atoms with Gasteiger partial charge in [-0.15, -0.1) is 11.8 Å². The molecule has 0 aliphatic carbocycles. The van der Waals surface area contributed by atoms with Crippen LogP contribution in [-0.2, 0) is 9.59 Å². The highest BCUT2D eigenvalue weighted by atomic mass is 32.2. The minimum absolute atomic E-state index is 0.0223. The number of nitrogens with zero attached hydrogens (tertiary/aromatic N) is 4. The van der Waals surface area contributed by atoms with Gasteiger partial charge in [0, 0.05) is 49.9 Å². The molecule has 0 radical (unpaired) electrons. The molecule has 2 amide bonds. The van der Waals surface area contributed by atoms with E-state index in [-0.39, 0.29) is 18.2 Å². The van der Waals surface area contributed by atoms with E-state index < -0.39 is 6.04 Å². The predicted molar refractivity (Wildman–Crippen MR) is 158 cm³/mol. The van der Waals surface area contributed by atoms with Gasteiger partial charge in [-0.2, -0.15) is 0 Å². The third-order valence-corrected chi connectivity index (χ3v) is 8.02. The summed E-state index contributed by atoms with van der Waals surface area (Å²) < 4.78 is 5.62. The summed E-state index contributed by atoms with van der Waals surface area (Å²) in [5.74, 6) is 0.377. The average Bonchev–Trinajstić information content (AvgIpc) is 3.16. The van der Waals surface area contributed by atoms with Crippen LogP contribution < -0.4 is 15.0 Å². The maximum atomic E-state index is 13.7. The van der Waals surface area contributed by atoms with Crippen LogP contribution in [0.15, 0.2) is 53.4 Å². The molecule has 4 rings (SSSR count). The van der Waals surface area contributed by atoms with Crippen LogP contribution in [0.2, 0.25) is 0 Å². The number of likely N-dealkylation sites (N-methyl/N-ethyl adjacent to an activating group) is 1. The van der Waals surface area contributed by atoms with Crippen LogP contribution in [0.4, 0.5) is 11.4 Å². The fourth-order valence-corrected chi connectivity index (χ4v) is 5.50. The van der Waals surface area contributed by atoms with E-state index in [1.54, 1.807) is 16.7 Å². The first-order valence-electron chi connectivity index (χ1n) is 13.1. The molecule has 2 aromatic rings. The van der Waals surface area contributed by atoms with Crippen molar-refractivity contribution >= 4 is 52.3 Å². The van der Waals surface area contributed by atoms with Gasteiger partial charge >= 0.3 is 0 Å². The molecule has 0 aromatic heterocycles. The van der Waals surface area contributed by atoms with Gasteiger partial charge in [-0.05, 0) is 74.4 Å². The highest BCUT2D eigenvalue weighted by molar-refractivity contribution is 7.98. The first-order chi connectivity index (χ1) is 18.4. The average molecular weight is 556 g/mol. The van der Waals surface area contributed by atoms with E-state index in [1.807, 2.05) is 59.7 Å². The quantitative estimate of drug-likeness (QED) is 0.332. The molecule has 2 aliphatic heterocycles.